The molecule has 2 nitrogen and oxygen atoms in total. The molecule has 0 atom stereocenters. The summed E-state index contributed by atoms with van der Waals surface area (Å²) in [4.78, 5) is 0. The molecule has 0 radical (unpaired) electrons. The van der Waals surface area contributed by atoms with Gasteiger partial charge in [-0.05, 0) is 18.9 Å². The van der Waals surface area contributed by atoms with Gasteiger partial charge in [-0.25, -0.2) is 8.78 Å². The van der Waals surface area contributed by atoms with Crippen LogP contribution in [0.2, 0.25) is 0 Å². The van der Waals surface area contributed by atoms with Crippen LogP contribution in [-0.2, 0) is 5.54 Å². The summed E-state index contributed by atoms with van der Waals surface area (Å²) in [5.41, 5.74) is 5.99. The lowest BCUT2D eigenvalue weighted by Crippen LogP contribution is -2.34. The molecule has 1 aromatic carbocycles. The highest BCUT2D eigenvalue weighted by Crippen LogP contribution is 2.41. The molecular weight excluding hydrogens is 212 g/mol. The Morgan fingerprint density at radius 1 is 1.25 bits per heavy atom. The van der Waals surface area contributed by atoms with E-state index in [4.69, 9.17) is 10.5 Å². The van der Waals surface area contributed by atoms with Crippen LogP contribution in [0.25, 0.3) is 0 Å². The van der Waals surface area contributed by atoms with Gasteiger partial charge in [0.05, 0.1) is 7.11 Å². The van der Waals surface area contributed by atoms with E-state index in [2.05, 4.69) is 0 Å². The molecule has 0 heterocycles. The second-order valence-electron chi connectivity index (χ2n) is 4.33. The summed E-state index contributed by atoms with van der Waals surface area (Å²) in [7, 11) is 1.37. The smallest absolute Gasteiger partial charge is 0.168 e. The van der Waals surface area contributed by atoms with Gasteiger partial charge in [0.1, 0.15) is 5.82 Å². The van der Waals surface area contributed by atoms with Crippen molar-refractivity contribution in [3.63, 3.8) is 0 Å². The quantitative estimate of drug-likeness (QED) is 0.843. The highest BCUT2D eigenvalue weighted by atomic mass is 19.1. The van der Waals surface area contributed by atoms with Crippen molar-refractivity contribution in [1.29, 1.82) is 0 Å². The van der Waals surface area contributed by atoms with E-state index in [1.54, 1.807) is 0 Å². The Labute approximate surface area is 93.4 Å². The zero-order valence-electron chi connectivity index (χ0n) is 9.22. The molecular formula is C12H15F2NO. The van der Waals surface area contributed by atoms with Crippen LogP contribution >= 0.6 is 0 Å². The highest BCUT2D eigenvalue weighted by Gasteiger charge is 2.35. The Morgan fingerprint density at radius 3 is 2.44 bits per heavy atom. The molecule has 1 aliphatic rings. The third-order valence-electron chi connectivity index (χ3n) is 3.24. The van der Waals surface area contributed by atoms with Gasteiger partial charge in [0, 0.05) is 17.2 Å². The number of benzene rings is 1. The van der Waals surface area contributed by atoms with Gasteiger partial charge in [0.2, 0.25) is 0 Å². The molecule has 16 heavy (non-hydrogen) atoms. The van der Waals surface area contributed by atoms with E-state index in [0.717, 1.165) is 31.7 Å². The normalized spacial score (nSPS) is 18.8. The largest absolute Gasteiger partial charge is 0.493 e. The highest BCUT2D eigenvalue weighted by molar-refractivity contribution is 5.41. The molecule has 88 valence electrons. The van der Waals surface area contributed by atoms with Crippen LogP contribution in [0.1, 0.15) is 31.2 Å². The molecule has 0 saturated heterocycles. The van der Waals surface area contributed by atoms with Crippen LogP contribution in [0.15, 0.2) is 12.1 Å². The number of hydrogen-bond donors (Lipinski definition) is 1. The molecule has 0 aliphatic heterocycles. The minimum absolute atomic E-state index is 0.0748. The molecule has 0 bridgehead atoms. The Morgan fingerprint density at radius 2 is 1.88 bits per heavy atom. The van der Waals surface area contributed by atoms with E-state index in [1.165, 1.54) is 13.2 Å². The average Bonchev–Trinajstić information content (AvgIpc) is 2.65. The fourth-order valence-corrected chi connectivity index (χ4v) is 2.41. The number of hydrogen-bond acceptors (Lipinski definition) is 2. The zero-order valence-corrected chi connectivity index (χ0v) is 9.22. The topological polar surface area (TPSA) is 35.2 Å². The molecule has 1 aromatic rings. The SMILES string of the molecule is COc1c(F)cc(F)cc1C1(N)CCCC1. The van der Waals surface area contributed by atoms with Crippen molar-refractivity contribution < 1.29 is 13.5 Å². The molecule has 0 amide bonds. The molecule has 2 rings (SSSR count). The Kier molecular flexibility index (Phi) is 2.84. The van der Waals surface area contributed by atoms with Gasteiger partial charge >= 0.3 is 0 Å². The second kappa shape index (κ2) is 4.01. The van der Waals surface area contributed by atoms with Crippen LogP contribution < -0.4 is 10.5 Å². The van der Waals surface area contributed by atoms with Gasteiger partial charge in [-0.1, -0.05) is 12.8 Å². The molecule has 4 heteroatoms. The number of methoxy groups -OCH3 is 1. The first-order valence-corrected chi connectivity index (χ1v) is 5.39. The third-order valence-corrected chi connectivity index (χ3v) is 3.24. The van der Waals surface area contributed by atoms with Gasteiger partial charge < -0.3 is 10.5 Å². The number of nitrogens with two attached hydrogens (primary N) is 1. The molecule has 1 saturated carbocycles. The second-order valence-corrected chi connectivity index (χ2v) is 4.33. The van der Waals surface area contributed by atoms with E-state index in [1.807, 2.05) is 0 Å². The summed E-state index contributed by atoms with van der Waals surface area (Å²) < 4.78 is 31.7. The maximum Gasteiger partial charge on any atom is 0.168 e. The molecule has 0 unspecified atom stereocenters. The van der Waals surface area contributed by atoms with Crippen molar-refractivity contribution in [3.05, 3.63) is 29.3 Å². The Hall–Kier alpha value is -1.16. The van der Waals surface area contributed by atoms with Crippen molar-refractivity contribution in [3.8, 4) is 5.75 Å². The molecule has 0 spiro atoms. The first-order chi connectivity index (χ1) is 7.57. The lowest BCUT2D eigenvalue weighted by molar-refractivity contribution is 0.353. The summed E-state index contributed by atoms with van der Waals surface area (Å²) in [6.45, 7) is 0. The van der Waals surface area contributed by atoms with Crippen molar-refractivity contribution in [1.82, 2.24) is 0 Å². The van der Waals surface area contributed by atoms with Crippen LogP contribution in [0.4, 0.5) is 8.78 Å². The predicted molar refractivity (Wildman–Crippen MR) is 57.2 cm³/mol. The number of rotatable bonds is 2. The van der Waals surface area contributed by atoms with E-state index in [-0.39, 0.29) is 5.75 Å². The maximum atomic E-state index is 13.5. The van der Waals surface area contributed by atoms with Crippen molar-refractivity contribution in [2.45, 2.75) is 31.2 Å². The van der Waals surface area contributed by atoms with E-state index in [9.17, 15) is 8.78 Å². The van der Waals surface area contributed by atoms with Gasteiger partial charge in [0.25, 0.3) is 0 Å². The first-order valence-electron chi connectivity index (χ1n) is 5.39. The van der Waals surface area contributed by atoms with Crippen LogP contribution in [-0.4, -0.2) is 7.11 Å². The van der Waals surface area contributed by atoms with Gasteiger partial charge in [0.15, 0.2) is 11.6 Å². The van der Waals surface area contributed by atoms with Crippen molar-refractivity contribution in [2.24, 2.45) is 5.73 Å². The first kappa shape index (κ1) is 11.3. The summed E-state index contributed by atoms with van der Waals surface area (Å²) >= 11 is 0. The summed E-state index contributed by atoms with van der Waals surface area (Å²) in [6.07, 6.45) is 3.45. The van der Waals surface area contributed by atoms with Gasteiger partial charge in [-0.3, -0.25) is 0 Å². The Balaban J connectivity index is 2.53. The summed E-state index contributed by atoms with van der Waals surface area (Å²) in [6, 6.07) is 2.11. The standard InChI is InChI=1S/C12H15F2NO/c1-16-11-9(6-8(13)7-10(11)14)12(15)4-2-3-5-12/h6-7H,2-5,15H2,1H3. The molecule has 2 N–H and O–H groups in total. The van der Waals surface area contributed by atoms with E-state index >= 15 is 0 Å². The molecule has 1 fully saturated rings. The predicted octanol–water partition coefficient (Wildman–Crippen LogP) is 2.70. The number of halogens is 2. The zero-order chi connectivity index (χ0) is 11.8. The van der Waals surface area contributed by atoms with Gasteiger partial charge in [-0.2, -0.15) is 0 Å². The third kappa shape index (κ3) is 1.78. The monoisotopic (exact) mass is 227 g/mol. The summed E-state index contributed by atoms with van der Waals surface area (Å²) in [5, 5.41) is 0. The fraction of sp³-hybridized carbons (Fsp3) is 0.500. The van der Waals surface area contributed by atoms with Crippen molar-refractivity contribution in [2.75, 3.05) is 7.11 Å². The lowest BCUT2D eigenvalue weighted by atomic mass is 9.88. The summed E-state index contributed by atoms with van der Waals surface area (Å²) in [5.74, 6) is -1.22. The van der Waals surface area contributed by atoms with Gasteiger partial charge in [-0.15, -0.1) is 0 Å². The average molecular weight is 227 g/mol. The van der Waals surface area contributed by atoms with E-state index in [0.29, 0.717) is 5.56 Å². The number of ether oxygens (including phenoxy) is 1. The van der Waals surface area contributed by atoms with Crippen molar-refractivity contribution >= 4 is 0 Å². The maximum absolute atomic E-state index is 13.5. The van der Waals surface area contributed by atoms with Crippen LogP contribution in [0.3, 0.4) is 0 Å². The lowest BCUT2D eigenvalue weighted by Gasteiger charge is -2.26. The van der Waals surface area contributed by atoms with E-state index < -0.39 is 17.2 Å². The molecule has 1 aliphatic carbocycles. The van der Waals surface area contributed by atoms with Crippen LogP contribution in [0.5, 0.6) is 5.75 Å². The minimum atomic E-state index is -0.686. The fourth-order valence-electron chi connectivity index (χ4n) is 2.41. The van der Waals surface area contributed by atoms with Crippen LogP contribution in [0, 0.1) is 11.6 Å². The minimum Gasteiger partial charge on any atom is -0.493 e. The molecule has 0 aromatic heterocycles. The Bertz CT molecular complexity index is 400.